The summed E-state index contributed by atoms with van der Waals surface area (Å²) >= 11 is 0. The maximum atomic E-state index is 5.97. The minimum atomic E-state index is -0.152. The van der Waals surface area contributed by atoms with Crippen LogP contribution in [0.25, 0.3) is 0 Å². The zero-order chi connectivity index (χ0) is 10.8. The zero-order valence-electron chi connectivity index (χ0n) is 8.73. The molecule has 76 valence electrons. The molecule has 1 heterocycles. The van der Waals surface area contributed by atoms with E-state index < -0.39 is 0 Å². The average molecular weight is 193 g/mol. The van der Waals surface area contributed by atoms with Gasteiger partial charge in [-0.2, -0.15) is 5.10 Å². The molecule has 0 radical (unpaired) electrons. The molecule has 0 aliphatic carbocycles. The second kappa shape index (κ2) is 3.61. The number of hydrazone groups is 1. The van der Waals surface area contributed by atoms with Crippen LogP contribution in [0.15, 0.2) is 26.6 Å². The highest BCUT2D eigenvalue weighted by Crippen LogP contribution is 2.26. The molecule has 0 saturated carbocycles. The molecule has 5 nitrogen and oxygen atoms in total. The van der Waals surface area contributed by atoms with E-state index in [1.165, 1.54) is 17.7 Å². The summed E-state index contributed by atoms with van der Waals surface area (Å²) in [7, 11) is 0. The van der Waals surface area contributed by atoms with Gasteiger partial charge in [-0.15, -0.1) is 0 Å². The van der Waals surface area contributed by atoms with Crippen LogP contribution < -0.4 is 5.73 Å². The number of rotatable bonds is 1. The van der Waals surface area contributed by atoms with E-state index >= 15 is 0 Å². The molecule has 0 bridgehead atoms. The molecule has 14 heavy (non-hydrogen) atoms. The maximum absolute atomic E-state index is 5.97. The lowest BCUT2D eigenvalue weighted by molar-refractivity contribution is 0.454. The minimum absolute atomic E-state index is 0.152. The Kier molecular flexibility index (Phi) is 2.69. The summed E-state index contributed by atoms with van der Waals surface area (Å²) < 4.78 is 0. The Morgan fingerprint density at radius 2 is 2.21 bits per heavy atom. The molecule has 0 spiro atoms. The van der Waals surface area contributed by atoms with Crippen LogP contribution in [0.2, 0.25) is 0 Å². The molecule has 1 rings (SSSR count). The second-order valence-electron chi connectivity index (χ2n) is 3.98. The van der Waals surface area contributed by atoms with Crippen LogP contribution >= 0.6 is 0 Å². The van der Waals surface area contributed by atoms with Crippen molar-refractivity contribution in [1.29, 1.82) is 0 Å². The molecule has 2 N–H and O–H groups in total. The minimum Gasteiger partial charge on any atom is -0.399 e. The van der Waals surface area contributed by atoms with E-state index in [1.807, 2.05) is 20.8 Å². The predicted molar refractivity (Wildman–Crippen MR) is 59.0 cm³/mol. The molecular weight excluding hydrogens is 178 g/mol. The van der Waals surface area contributed by atoms with Crippen molar-refractivity contribution >= 4 is 19.4 Å². The Hall–Kier alpha value is -1.65. The van der Waals surface area contributed by atoms with Gasteiger partial charge in [-0.05, 0) is 0 Å². The SMILES string of the molecule is C=NN1C=NC=N/C1=C(/N)C(C)(C)C. The van der Waals surface area contributed by atoms with Gasteiger partial charge in [0.2, 0.25) is 0 Å². The van der Waals surface area contributed by atoms with Gasteiger partial charge in [-0.25, -0.2) is 15.0 Å². The monoisotopic (exact) mass is 193 g/mol. The molecule has 0 atom stereocenters. The third kappa shape index (κ3) is 1.99. The van der Waals surface area contributed by atoms with Crippen molar-refractivity contribution in [3.05, 3.63) is 11.5 Å². The first-order valence-corrected chi connectivity index (χ1v) is 4.28. The molecule has 1 aliphatic heterocycles. The van der Waals surface area contributed by atoms with Gasteiger partial charge in [0.05, 0.1) is 5.70 Å². The number of nitrogens with zero attached hydrogens (tertiary/aromatic N) is 4. The van der Waals surface area contributed by atoms with Crippen molar-refractivity contribution in [3.8, 4) is 0 Å². The Morgan fingerprint density at radius 1 is 1.57 bits per heavy atom. The van der Waals surface area contributed by atoms with E-state index in [1.54, 1.807) is 0 Å². The number of allylic oxidation sites excluding steroid dienone is 1. The predicted octanol–water partition coefficient (Wildman–Crippen LogP) is 1.15. The molecule has 0 unspecified atom stereocenters. The van der Waals surface area contributed by atoms with Gasteiger partial charge in [0.1, 0.15) is 12.7 Å². The molecular formula is C9H15N5. The van der Waals surface area contributed by atoms with Crippen molar-refractivity contribution < 1.29 is 0 Å². The summed E-state index contributed by atoms with van der Waals surface area (Å²) in [4.78, 5) is 7.90. The van der Waals surface area contributed by atoms with Gasteiger partial charge < -0.3 is 5.73 Å². The third-order valence-corrected chi connectivity index (χ3v) is 1.84. The fourth-order valence-electron chi connectivity index (χ4n) is 0.927. The summed E-state index contributed by atoms with van der Waals surface area (Å²) in [5.41, 5.74) is 6.47. The van der Waals surface area contributed by atoms with Crippen molar-refractivity contribution in [1.82, 2.24) is 5.01 Å². The maximum Gasteiger partial charge on any atom is 0.176 e. The van der Waals surface area contributed by atoms with Crippen molar-refractivity contribution in [3.63, 3.8) is 0 Å². The Morgan fingerprint density at radius 3 is 2.71 bits per heavy atom. The highest BCUT2D eigenvalue weighted by Gasteiger charge is 2.22. The number of nitrogens with two attached hydrogens (primary N) is 1. The van der Waals surface area contributed by atoms with Crippen LogP contribution in [0.3, 0.4) is 0 Å². The fraction of sp³-hybridized carbons (Fsp3) is 0.444. The molecule has 0 aromatic heterocycles. The van der Waals surface area contributed by atoms with E-state index in [0.29, 0.717) is 11.5 Å². The second-order valence-corrected chi connectivity index (χ2v) is 3.98. The summed E-state index contributed by atoms with van der Waals surface area (Å²) in [5, 5.41) is 5.20. The first-order valence-electron chi connectivity index (χ1n) is 4.28. The normalized spacial score (nSPS) is 19.8. The Balaban J connectivity index is 3.12. The van der Waals surface area contributed by atoms with E-state index in [0.717, 1.165) is 0 Å². The van der Waals surface area contributed by atoms with Gasteiger partial charge in [-0.1, -0.05) is 20.8 Å². The van der Waals surface area contributed by atoms with Gasteiger partial charge in [-0.3, -0.25) is 0 Å². The fourth-order valence-corrected chi connectivity index (χ4v) is 0.927. The van der Waals surface area contributed by atoms with E-state index in [2.05, 4.69) is 21.8 Å². The summed E-state index contributed by atoms with van der Waals surface area (Å²) in [6.45, 7) is 9.46. The standard InChI is InChI=1S/C9H15N5/c1-9(2,3)7(10)8-13-5-12-6-14(8)11-4/h5-6H,4,10H2,1-3H3/b8-7-. The van der Waals surface area contributed by atoms with Gasteiger partial charge in [0, 0.05) is 12.1 Å². The van der Waals surface area contributed by atoms with Crippen LogP contribution in [0.5, 0.6) is 0 Å². The highest BCUT2D eigenvalue weighted by molar-refractivity contribution is 5.76. The lowest BCUT2D eigenvalue weighted by atomic mass is 9.92. The van der Waals surface area contributed by atoms with Gasteiger partial charge in [0.15, 0.2) is 5.82 Å². The highest BCUT2D eigenvalue weighted by atomic mass is 15.5. The number of hydrogen-bond acceptors (Lipinski definition) is 5. The molecule has 5 heteroatoms. The first-order chi connectivity index (χ1) is 6.46. The van der Waals surface area contributed by atoms with E-state index in [-0.39, 0.29) is 5.41 Å². The molecule has 0 saturated heterocycles. The van der Waals surface area contributed by atoms with Crippen LogP contribution in [0.4, 0.5) is 0 Å². The lowest BCUT2D eigenvalue weighted by Gasteiger charge is -2.25. The van der Waals surface area contributed by atoms with Crippen LogP contribution in [0.1, 0.15) is 20.8 Å². The van der Waals surface area contributed by atoms with Crippen molar-refractivity contribution in [2.45, 2.75) is 20.8 Å². The Bertz CT molecular complexity index is 319. The number of hydrogen-bond donors (Lipinski definition) is 1. The average Bonchev–Trinajstić information content (AvgIpc) is 2.15. The molecule has 0 aromatic rings. The summed E-state index contributed by atoms with van der Waals surface area (Å²) in [6, 6.07) is 0. The number of aliphatic imine (C=N–C) groups is 2. The van der Waals surface area contributed by atoms with Crippen LogP contribution in [0, 0.1) is 5.41 Å². The smallest absolute Gasteiger partial charge is 0.176 e. The van der Waals surface area contributed by atoms with Crippen LogP contribution in [-0.4, -0.2) is 24.4 Å². The topological polar surface area (TPSA) is 66.3 Å². The van der Waals surface area contributed by atoms with Crippen molar-refractivity contribution in [2.75, 3.05) is 0 Å². The third-order valence-electron chi connectivity index (χ3n) is 1.84. The molecule has 0 fully saturated rings. The molecule has 1 aliphatic rings. The quantitative estimate of drug-likeness (QED) is 0.635. The lowest BCUT2D eigenvalue weighted by Crippen LogP contribution is -2.27. The first kappa shape index (κ1) is 10.4. The van der Waals surface area contributed by atoms with E-state index in [4.69, 9.17) is 5.73 Å². The largest absolute Gasteiger partial charge is 0.399 e. The van der Waals surface area contributed by atoms with E-state index in [9.17, 15) is 0 Å². The molecule has 0 amide bonds. The summed E-state index contributed by atoms with van der Waals surface area (Å²) in [5.74, 6) is 0.586. The van der Waals surface area contributed by atoms with Crippen molar-refractivity contribution in [2.24, 2.45) is 26.2 Å². The Labute approximate surface area is 83.7 Å². The molecule has 0 aromatic carbocycles. The van der Waals surface area contributed by atoms with Gasteiger partial charge in [0.25, 0.3) is 0 Å². The van der Waals surface area contributed by atoms with Crippen LogP contribution in [-0.2, 0) is 0 Å². The van der Waals surface area contributed by atoms with Gasteiger partial charge >= 0.3 is 0 Å². The summed E-state index contributed by atoms with van der Waals surface area (Å²) in [6.07, 6.45) is 2.96. The zero-order valence-corrected chi connectivity index (χ0v) is 8.73.